The maximum absolute atomic E-state index is 14.5. The molecule has 3 aliphatic rings. The molecule has 7 atom stereocenters. The molecule has 8 nitrogen and oxygen atoms in total. The Bertz CT molecular complexity index is 1060. The quantitative estimate of drug-likeness (QED) is 0.229. The largest absolute Gasteiger partial charge is 0.461 e. The second kappa shape index (κ2) is 11.7. The minimum absolute atomic E-state index is 0.0196. The molecule has 1 spiro atoms. The van der Waals surface area contributed by atoms with Crippen LogP contribution in [0.2, 0.25) is 0 Å². The molecule has 3 unspecified atom stereocenters. The molecule has 0 aromatic heterocycles. The highest BCUT2D eigenvalue weighted by atomic mass is 79.9. The zero-order valence-corrected chi connectivity index (χ0v) is 23.6. The molecule has 3 heterocycles. The van der Waals surface area contributed by atoms with Crippen molar-refractivity contribution in [2.75, 3.05) is 19.8 Å². The number of alkyl halides is 1. The summed E-state index contributed by atoms with van der Waals surface area (Å²) in [5, 5.41) is 10.4. The Morgan fingerprint density at radius 2 is 2.00 bits per heavy atom. The Morgan fingerprint density at radius 3 is 2.61 bits per heavy atom. The van der Waals surface area contributed by atoms with E-state index in [0.717, 1.165) is 5.56 Å². The molecule has 3 fully saturated rings. The van der Waals surface area contributed by atoms with Gasteiger partial charge >= 0.3 is 5.97 Å². The molecule has 0 radical (unpaired) electrons. The van der Waals surface area contributed by atoms with Gasteiger partial charge in [-0.15, -0.1) is 6.58 Å². The number of ether oxygens (including phenoxy) is 2. The van der Waals surface area contributed by atoms with E-state index in [1.165, 1.54) is 11.0 Å². The fourth-order valence-corrected chi connectivity index (χ4v) is 7.37. The van der Waals surface area contributed by atoms with Crippen LogP contribution in [0.15, 0.2) is 55.6 Å². The summed E-state index contributed by atoms with van der Waals surface area (Å²) in [6.45, 7) is 11.8. The molecule has 2 bridgehead atoms. The van der Waals surface area contributed by atoms with E-state index in [0.29, 0.717) is 19.4 Å². The Balaban J connectivity index is 1.79. The molecular weight excluding hydrogens is 552 g/mol. The predicted molar refractivity (Wildman–Crippen MR) is 146 cm³/mol. The zero-order chi connectivity index (χ0) is 27.6. The van der Waals surface area contributed by atoms with Gasteiger partial charge in [0.1, 0.15) is 18.2 Å². The summed E-state index contributed by atoms with van der Waals surface area (Å²) < 4.78 is 11.9. The summed E-state index contributed by atoms with van der Waals surface area (Å²) >= 11 is 3.66. The van der Waals surface area contributed by atoms with Gasteiger partial charge in [0, 0.05) is 17.9 Å². The van der Waals surface area contributed by atoms with Crippen molar-refractivity contribution in [1.29, 1.82) is 0 Å². The van der Waals surface area contributed by atoms with Crippen molar-refractivity contribution in [3.8, 4) is 0 Å². The van der Waals surface area contributed by atoms with Crippen LogP contribution in [0.25, 0.3) is 0 Å². The average molecular weight is 590 g/mol. The van der Waals surface area contributed by atoms with E-state index in [2.05, 4.69) is 29.1 Å². The maximum Gasteiger partial charge on any atom is 0.312 e. The Hall–Kier alpha value is -2.49. The third-order valence-electron chi connectivity index (χ3n) is 7.80. The minimum Gasteiger partial charge on any atom is -0.461 e. The van der Waals surface area contributed by atoms with Crippen LogP contribution in [0, 0.1) is 17.8 Å². The van der Waals surface area contributed by atoms with Crippen LogP contribution in [0.1, 0.15) is 32.3 Å². The average Bonchev–Trinajstić information content (AvgIpc) is 3.49. The smallest absolute Gasteiger partial charge is 0.312 e. The van der Waals surface area contributed by atoms with E-state index in [1.54, 1.807) is 11.0 Å². The number of aliphatic hydroxyl groups is 1. The minimum atomic E-state index is -1.22. The number of aliphatic hydroxyl groups excluding tert-OH is 1. The molecule has 1 aromatic carbocycles. The van der Waals surface area contributed by atoms with Gasteiger partial charge in [-0.1, -0.05) is 78.8 Å². The topological polar surface area (TPSA) is 96.4 Å². The van der Waals surface area contributed by atoms with Gasteiger partial charge in [0.05, 0.1) is 30.6 Å². The van der Waals surface area contributed by atoms with Gasteiger partial charge in [0.25, 0.3) is 0 Å². The summed E-state index contributed by atoms with van der Waals surface area (Å²) in [5.74, 6) is -2.74. The first kappa shape index (κ1) is 28.5. The number of hydrogen-bond acceptors (Lipinski definition) is 6. The van der Waals surface area contributed by atoms with Gasteiger partial charge in [-0.05, 0) is 24.3 Å². The van der Waals surface area contributed by atoms with Gasteiger partial charge < -0.3 is 24.4 Å². The molecule has 1 N–H and O–H groups in total. The van der Waals surface area contributed by atoms with Crippen molar-refractivity contribution in [1.82, 2.24) is 9.80 Å². The third kappa shape index (κ3) is 4.96. The number of rotatable bonds is 12. The second-order valence-corrected chi connectivity index (χ2v) is 12.0. The zero-order valence-electron chi connectivity index (χ0n) is 22.0. The summed E-state index contributed by atoms with van der Waals surface area (Å²) in [6, 6.07) is 8.01. The number of esters is 1. The van der Waals surface area contributed by atoms with E-state index >= 15 is 0 Å². The first-order chi connectivity index (χ1) is 18.2. The van der Waals surface area contributed by atoms with E-state index in [4.69, 9.17) is 9.47 Å². The molecule has 0 saturated carbocycles. The molecule has 9 heteroatoms. The van der Waals surface area contributed by atoms with Gasteiger partial charge in [-0.25, -0.2) is 0 Å². The van der Waals surface area contributed by atoms with Crippen LogP contribution in [-0.4, -0.2) is 81.1 Å². The predicted octanol–water partition coefficient (Wildman–Crippen LogP) is 3.09. The molecule has 2 amide bonds. The number of halogens is 1. The van der Waals surface area contributed by atoms with Crippen molar-refractivity contribution < 1.29 is 29.0 Å². The standard InChI is InChI=1S/C29H37BrN2O6/c1-5-12-31(16-19-10-8-7-9-11-19)27(35)25-29-15-21(30)24(38-29)22(28(36)37-13-6-2)23(29)26(34)32(25)20(17-33)14-18(3)4/h5-11,18,20-25,33H,1-2,12-17H2,3-4H3/t20-,21?,22+,23+,24+,25?,29?/m1/s1. The number of nitrogens with zero attached hydrogens (tertiary/aromatic N) is 2. The summed E-state index contributed by atoms with van der Waals surface area (Å²) in [7, 11) is 0. The molecule has 1 aromatic rings. The van der Waals surface area contributed by atoms with Gasteiger partial charge in [0.15, 0.2) is 0 Å². The lowest BCUT2D eigenvalue weighted by atomic mass is 9.70. The number of hydrogen-bond donors (Lipinski definition) is 1. The SMILES string of the molecule is C=CCOC(=O)[C@H]1[C@H]2C(=O)N([C@@H](CO)CC(C)C)C(C(=O)N(CC=C)Cc3ccccc3)C23CC(Br)[C@@H]1O3. The number of amides is 2. The highest BCUT2D eigenvalue weighted by Gasteiger charge is 2.77. The number of carbonyl (C=O) groups is 3. The van der Waals surface area contributed by atoms with Crippen LogP contribution < -0.4 is 0 Å². The summed E-state index contributed by atoms with van der Waals surface area (Å²) in [6.07, 6.45) is 3.42. The number of carbonyl (C=O) groups excluding carboxylic acids is 3. The van der Waals surface area contributed by atoms with Crippen LogP contribution in [-0.2, 0) is 30.4 Å². The first-order valence-electron chi connectivity index (χ1n) is 13.2. The van der Waals surface area contributed by atoms with Crippen LogP contribution in [0.4, 0.5) is 0 Å². The van der Waals surface area contributed by atoms with Crippen molar-refractivity contribution in [3.05, 3.63) is 61.2 Å². The number of likely N-dealkylation sites (tertiary alicyclic amines) is 1. The molecule has 4 rings (SSSR count). The maximum atomic E-state index is 14.5. The van der Waals surface area contributed by atoms with Crippen LogP contribution >= 0.6 is 15.9 Å². The van der Waals surface area contributed by atoms with Crippen LogP contribution in [0.3, 0.4) is 0 Å². The monoisotopic (exact) mass is 588 g/mol. The summed E-state index contributed by atoms with van der Waals surface area (Å²) in [4.78, 5) is 44.8. The van der Waals surface area contributed by atoms with E-state index in [1.807, 2.05) is 44.2 Å². The highest BCUT2D eigenvalue weighted by Crippen LogP contribution is 2.60. The van der Waals surface area contributed by atoms with Gasteiger partial charge in [0.2, 0.25) is 11.8 Å². The van der Waals surface area contributed by atoms with Crippen molar-refractivity contribution in [3.63, 3.8) is 0 Å². The van der Waals surface area contributed by atoms with Gasteiger partial charge in [-0.2, -0.15) is 0 Å². The van der Waals surface area contributed by atoms with Crippen molar-refractivity contribution >= 4 is 33.7 Å². The Morgan fingerprint density at radius 1 is 1.29 bits per heavy atom. The van der Waals surface area contributed by atoms with Crippen LogP contribution in [0.5, 0.6) is 0 Å². The molecule has 206 valence electrons. The highest BCUT2D eigenvalue weighted by molar-refractivity contribution is 9.09. The molecule has 3 saturated heterocycles. The Labute approximate surface area is 232 Å². The first-order valence-corrected chi connectivity index (χ1v) is 14.1. The van der Waals surface area contributed by atoms with Gasteiger partial charge in [-0.3, -0.25) is 14.4 Å². The lowest BCUT2D eigenvalue weighted by Crippen LogP contribution is -2.59. The molecule has 0 aliphatic carbocycles. The van der Waals surface area contributed by atoms with E-state index in [-0.39, 0.29) is 42.3 Å². The number of benzene rings is 1. The fraction of sp³-hybridized carbons (Fsp3) is 0.552. The molecule has 38 heavy (non-hydrogen) atoms. The normalized spacial score (nSPS) is 30.3. The molecule has 3 aliphatic heterocycles. The van der Waals surface area contributed by atoms with Crippen molar-refractivity contribution in [2.45, 2.75) is 61.8 Å². The number of fused-ring (bicyclic) bond motifs is 1. The fourth-order valence-electron chi connectivity index (χ4n) is 6.43. The third-order valence-corrected chi connectivity index (χ3v) is 8.65. The summed E-state index contributed by atoms with van der Waals surface area (Å²) in [5.41, 5.74) is -0.278. The van der Waals surface area contributed by atoms with E-state index < -0.39 is 41.6 Å². The molecular formula is C29H37BrN2O6. The van der Waals surface area contributed by atoms with Crippen molar-refractivity contribution in [2.24, 2.45) is 17.8 Å². The lowest BCUT2D eigenvalue weighted by Gasteiger charge is -2.39. The second-order valence-electron chi connectivity index (χ2n) is 10.8. The van der Waals surface area contributed by atoms with E-state index in [9.17, 15) is 19.5 Å². The Kier molecular flexibility index (Phi) is 8.79. The lowest BCUT2D eigenvalue weighted by molar-refractivity contribution is -0.156.